The van der Waals surface area contributed by atoms with Gasteiger partial charge in [0, 0.05) is 12.6 Å². The summed E-state index contributed by atoms with van der Waals surface area (Å²) >= 11 is 3.03. The zero-order chi connectivity index (χ0) is 15.5. The van der Waals surface area contributed by atoms with Crippen LogP contribution in [0.3, 0.4) is 0 Å². The highest BCUT2D eigenvalue weighted by Crippen LogP contribution is 2.33. The molecule has 0 unspecified atom stereocenters. The van der Waals surface area contributed by atoms with E-state index in [1.165, 1.54) is 31.0 Å². The van der Waals surface area contributed by atoms with E-state index >= 15 is 0 Å². The molecule has 0 amide bonds. The quantitative estimate of drug-likeness (QED) is 0.739. The fraction of sp³-hybridized carbons (Fsp3) is 0.429. The molecule has 0 heterocycles. The largest absolute Gasteiger partial charge is 0.573 e. The van der Waals surface area contributed by atoms with Crippen LogP contribution in [0.25, 0.3) is 0 Å². The van der Waals surface area contributed by atoms with Crippen LogP contribution in [0.1, 0.15) is 12.8 Å². The predicted octanol–water partition coefficient (Wildman–Crippen LogP) is 4.03. The molecule has 0 atom stereocenters. The molecule has 3 nitrogen and oxygen atoms in total. The summed E-state index contributed by atoms with van der Waals surface area (Å²) in [6.07, 6.45) is -2.32. The van der Waals surface area contributed by atoms with Gasteiger partial charge in [-0.1, -0.05) is 6.58 Å². The van der Waals surface area contributed by atoms with Crippen molar-refractivity contribution in [2.45, 2.75) is 25.2 Å². The Morgan fingerprint density at radius 2 is 2.10 bits per heavy atom. The van der Waals surface area contributed by atoms with E-state index in [0.29, 0.717) is 24.9 Å². The molecule has 1 aliphatic rings. The number of benzene rings is 1. The topological polar surface area (TPSA) is 30.5 Å². The molecule has 1 aromatic carbocycles. The van der Waals surface area contributed by atoms with Crippen molar-refractivity contribution >= 4 is 15.9 Å². The fourth-order valence-corrected chi connectivity index (χ4v) is 2.03. The average molecular weight is 366 g/mol. The smallest absolute Gasteiger partial charge is 0.489 e. The molecule has 116 valence electrons. The van der Waals surface area contributed by atoms with Crippen molar-refractivity contribution in [1.82, 2.24) is 5.32 Å². The summed E-state index contributed by atoms with van der Waals surface area (Å²) in [7, 11) is 0. The molecule has 7 heteroatoms. The van der Waals surface area contributed by atoms with Crippen LogP contribution in [0.2, 0.25) is 0 Å². The minimum Gasteiger partial charge on any atom is -0.489 e. The highest BCUT2D eigenvalue weighted by molar-refractivity contribution is 9.10. The van der Waals surface area contributed by atoms with E-state index in [0.717, 1.165) is 5.57 Å². The molecule has 2 rings (SSSR count). The molecule has 0 aromatic heterocycles. The molecule has 21 heavy (non-hydrogen) atoms. The van der Waals surface area contributed by atoms with Gasteiger partial charge >= 0.3 is 6.36 Å². The SMILES string of the molecule is C=C(CNC1CC1)COc1ccc(OC(F)(F)F)c(Br)c1. The number of nitrogens with one attached hydrogen (secondary N) is 1. The zero-order valence-corrected chi connectivity index (χ0v) is 12.8. The lowest BCUT2D eigenvalue weighted by Gasteiger charge is -2.13. The second kappa shape index (κ2) is 6.70. The van der Waals surface area contributed by atoms with Gasteiger partial charge in [0.2, 0.25) is 0 Å². The number of halogens is 4. The lowest BCUT2D eigenvalue weighted by Crippen LogP contribution is -2.21. The molecular weight excluding hydrogens is 351 g/mol. The standard InChI is InChI=1S/C14H15BrF3NO2/c1-9(7-19-10-2-3-10)8-20-11-4-5-13(12(15)6-11)21-14(16,17)18/h4-6,10,19H,1-3,7-8H2. The maximum atomic E-state index is 12.1. The van der Waals surface area contributed by atoms with Gasteiger partial charge in [0.1, 0.15) is 18.1 Å². The minimum atomic E-state index is -4.71. The highest BCUT2D eigenvalue weighted by Gasteiger charge is 2.32. The number of rotatable bonds is 7. The second-order valence-corrected chi connectivity index (χ2v) is 5.69. The van der Waals surface area contributed by atoms with Crippen LogP contribution in [0.4, 0.5) is 13.2 Å². The first-order chi connectivity index (χ1) is 9.83. The van der Waals surface area contributed by atoms with E-state index in [1.807, 2.05) is 0 Å². The van der Waals surface area contributed by atoms with Gasteiger partial charge in [0.25, 0.3) is 0 Å². The summed E-state index contributed by atoms with van der Waals surface area (Å²) in [4.78, 5) is 0. The van der Waals surface area contributed by atoms with E-state index in [9.17, 15) is 13.2 Å². The zero-order valence-electron chi connectivity index (χ0n) is 11.2. The van der Waals surface area contributed by atoms with Gasteiger partial charge in [-0.3, -0.25) is 0 Å². The van der Waals surface area contributed by atoms with Crippen molar-refractivity contribution < 1.29 is 22.6 Å². The van der Waals surface area contributed by atoms with Crippen LogP contribution in [-0.4, -0.2) is 25.6 Å². The van der Waals surface area contributed by atoms with Crippen molar-refractivity contribution in [1.29, 1.82) is 0 Å². The van der Waals surface area contributed by atoms with E-state index in [2.05, 4.69) is 32.6 Å². The molecule has 0 aliphatic heterocycles. The van der Waals surface area contributed by atoms with Crippen molar-refractivity contribution in [3.05, 3.63) is 34.8 Å². The third-order valence-electron chi connectivity index (χ3n) is 2.79. The number of hydrogen-bond donors (Lipinski definition) is 1. The maximum Gasteiger partial charge on any atom is 0.573 e. The summed E-state index contributed by atoms with van der Waals surface area (Å²) < 4.78 is 45.9. The molecular formula is C14H15BrF3NO2. The number of ether oxygens (including phenoxy) is 2. The van der Waals surface area contributed by atoms with Crippen molar-refractivity contribution in [2.75, 3.05) is 13.2 Å². The van der Waals surface area contributed by atoms with Crippen LogP contribution in [-0.2, 0) is 0 Å². The molecule has 0 bridgehead atoms. The van der Waals surface area contributed by atoms with Gasteiger partial charge in [-0.15, -0.1) is 13.2 Å². The van der Waals surface area contributed by atoms with Crippen LogP contribution in [0.5, 0.6) is 11.5 Å². The lowest BCUT2D eigenvalue weighted by molar-refractivity contribution is -0.274. The first-order valence-electron chi connectivity index (χ1n) is 6.41. The molecule has 1 aromatic rings. The van der Waals surface area contributed by atoms with Crippen LogP contribution in [0, 0.1) is 0 Å². The number of alkyl halides is 3. The second-order valence-electron chi connectivity index (χ2n) is 4.83. The van der Waals surface area contributed by atoms with Gasteiger partial charge in [-0.05, 0) is 52.5 Å². The molecule has 0 spiro atoms. The van der Waals surface area contributed by atoms with Crippen molar-refractivity contribution in [3.8, 4) is 11.5 Å². The van der Waals surface area contributed by atoms with Crippen LogP contribution >= 0.6 is 15.9 Å². The summed E-state index contributed by atoms with van der Waals surface area (Å²) in [6.45, 7) is 4.88. The summed E-state index contributed by atoms with van der Waals surface area (Å²) in [6, 6.07) is 4.66. The fourth-order valence-electron chi connectivity index (χ4n) is 1.59. The Balaban J connectivity index is 1.83. The predicted molar refractivity (Wildman–Crippen MR) is 76.5 cm³/mol. The van der Waals surface area contributed by atoms with Crippen LogP contribution < -0.4 is 14.8 Å². The Morgan fingerprint density at radius 3 is 2.67 bits per heavy atom. The Bertz CT molecular complexity index is 515. The van der Waals surface area contributed by atoms with Crippen molar-refractivity contribution in [3.63, 3.8) is 0 Å². The first-order valence-corrected chi connectivity index (χ1v) is 7.21. The molecule has 1 aliphatic carbocycles. The van der Waals surface area contributed by atoms with Gasteiger partial charge < -0.3 is 14.8 Å². The maximum absolute atomic E-state index is 12.1. The van der Waals surface area contributed by atoms with Gasteiger partial charge in [-0.2, -0.15) is 0 Å². The summed E-state index contributed by atoms with van der Waals surface area (Å²) in [5.41, 5.74) is 0.883. The Hall–Kier alpha value is -1.21. The van der Waals surface area contributed by atoms with E-state index in [4.69, 9.17) is 4.74 Å². The third kappa shape index (κ3) is 5.97. The average Bonchev–Trinajstić information content (AvgIpc) is 3.19. The molecule has 1 fully saturated rings. The normalized spacial score (nSPS) is 14.9. The van der Waals surface area contributed by atoms with Crippen molar-refractivity contribution in [2.24, 2.45) is 0 Å². The Morgan fingerprint density at radius 1 is 1.38 bits per heavy atom. The molecule has 0 saturated heterocycles. The van der Waals surface area contributed by atoms with Gasteiger partial charge in [-0.25, -0.2) is 0 Å². The summed E-state index contributed by atoms with van der Waals surface area (Å²) in [5.74, 6) is 0.146. The lowest BCUT2D eigenvalue weighted by atomic mass is 10.3. The van der Waals surface area contributed by atoms with Crippen LogP contribution in [0.15, 0.2) is 34.8 Å². The van der Waals surface area contributed by atoms with Gasteiger partial charge in [0.15, 0.2) is 0 Å². The number of hydrogen-bond acceptors (Lipinski definition) is 3. The molecule has 1 N–H and O–H groups in total. The first kappa shape index (κ1) is 16.2. The van der Waals surface area contributed by atoms with E-state index < -0.39 is 6.36 Å². The monoisotopic (exact) mass is 365 g/mol. The molecule has 0 radical (unpaired) electrons. The summed E-state index contributed by atoms with van der Waals surface area (Å²) in [5, 5.41) is 3.31. The van der Waals surface area contributed by atoms with E-state index in [-0.39, 0.29) is 10.2 Å². The van der Waals surface area contributed by atoms with E-state index in [1.54, 1.807) is 0 Å². The highest BCUT2D eigenvalue weighted by atomic mass is 79.9. The Kier molecular flexibility index (Phi) is 5.16. The Labute approximate surface area is 129 Å². The van der Waals surface area contributed by atoms with Gasteiger partial charge in [0.05, 0.1) is 4.47 Å². The molecule has 1 saturated carbocycles. The minimum absolute atomic E-state index is 0.180. The third-order valence-corrected chi connectivity index (χ3v) is 3.41.